The van der Waals surface area contributed by atoms with E-state index in [2.05, 4.69) is 24.3 Å². The zero-order valence-electron chi connectivity index (χ0n) is 9.91. The van der Waals surface area contributed by atoms with Crippen LogP contribution < -0.4 is 5.32 Å². The van der Waals surface area contributed by atoms with Gasteiger partial charge < -0.3 is 14.7 Å². The minimum atomic E-state index is -0.0496. The van der Waals surface area contributed by atoms with Crippen LogP contribution in [0.5, 0.6) is 0 Å². The Kier molecular flexibility index (Phi) is 2.71. The van der Waals surface area contributed by atoms with E-state index in [0.29, 0.717) is 24.5 Å². The molecule has 0 bridgehead atoms. The number of piperazine rings is 1. The van der Waals surface area contributed by atoms with Crippen molar-refractivity contribution in [2.24, 2.45) is 0 Å². The third-order valence-corrected chi connectivity index (χ3v) is 2.71. The van der Waals surface area contributed by atoms with Crippen molar-refractivity contribution in [3.05, 3.63) is 17.5 Å². The molecule has 1 aromatic rings. The number of aryl methyl sites for hydroxylation is 1. The van der Waals surface area contributed by atoms with Crippen molar-refractivity contribution in [3.63, 3.8) is 0 Å². The first kappa shape index (κ1) is 11.1. The van der Waals surface area contributed by atoms with Gasteiger partial charge in [0.1, 0.15) is 5.76 Å². The van der Waals surface area contributed by atoms with Crippen molar-refractivity contribution in [1.82, 2.24) is 15.4 Å². The van der Waals surface area contributed by atoms with Gasteiger partial charge in [0, 0.05) is 31.2 Å². The van der Waals surface area contributed by atoms with E-state index in [1.807, 2.05) is 4.90 Å². The summed E-state index contributed by atoms with van der Waals surface area (Å²) in [5.74, 6) is 0.615. The lowest BCUT2D eigenvalue weighted by Gasteiger charge is -2.38. The number of amides is 1. The first-order valence-electron chi connectivity index (χ1n) is 5.45. The van der Waals surface area contributed by atoms with E-state index in [4.69, 9.17) is 4.52 Å². The monoisotopic (exact) mass is 223 g/mol. The number of nitrogens with zero attached hydrogens (tertiary/aromatic N) is 2. The zero-order valence-corrected chi connectivity index (χ0v) is 9.91. The minimum Gasteiger partial charge on any atom is -0.361 e. The number of aromatic nitrogens is 1. The Labute approximate surface area is 94.8 Å². The summed E-state index contributed by atoms with van der Waals surface area (Å²) in [6.45, 7) is 8.17. The fourth-order valence-electron chi connectivity index (χ4n) is 1.94. The van der Waals surface area contributed by atoms with Crippen molar-refractivity contribution < 1.29 is 9.32 Å². The summed E-state index contributed by atoms with van der Waals surface area (Å²) in [5, 5.41) is 7.11. The standard InChI is InChI=1S/C11H17N3O2/c1-8-6-9(13-16-8)10(15)14-5-4-12-11(2,3)7-14/h6,12H,4-5,7H2,1-3H3. The molecule has 0 spiro atoms. The third kappa shape index (κ3) is 2.24. The summed E-state index contributed by atoms with van der Waals surface area (Å²) >= 11 is 0. The number of rotatable bonds is 1. The van der Waals surface area contributed by atoms with Gasteiger partial charge in [0.2, 0.25) is 0 Å². The molecule has 88 valence electrons. The second kappa shape index (κ2) is 3.90. The fraction of sp³-hybridized carbons (Fsp3) is 0.636. The minimum absolute atomic E-state index is 0.0350. The second-order valence-corrected chi connectivity index (χ2v) is 4.86. The van der Waals surface area contributed by atoms with Gasteiger partial charge in [-0.1, -0.05) is 5.16 Å². The molecule has 0 atom stereocenters. The van der Waals surface area contributed by atoms with E-state index in [1.54, 1.807) is 13.0 Å². The summed E-state index contributed by atoms with van der Waals surface area (Å²) in [6.07, 6.45) is 0. The Morgan fingerprint density at radius 1 is 1.62 bits per heavy atom. The molecule has 0 radical (unpaired) electrons. The highest BCUT2D eigenvalue weighted by Gasteiger charge is 2.30. The molecule has 0 saturated carbocycles. The molecule has 1 aliphatic rings. The number of nitrogens with one attached hydrogen (secondary N) is 1. The van der Waals surface area contributed by atoms with Crippen LogP contribution in [0.1, 0.15) is 30.1 Å². The molecule has 5 heteroatoms. The van der Waals surface area contributed by atoms with Crippen LogP contribution in [-0.2, 0) is 0 Å². The molecule has 1 amide bonds. The maximum absolute atomic E-state index is 12.1. The van der Waals surface area contributed by atoms with Crippen LogP contribution in [0.15, 0.2) is 10.6 Å². The first-order valence-corrected chi connectivity index (χ1v) is 5.45. The molecule has 1 N–H and O–H groups in total. The van der Waals surface area contributed by atoms with E-state index in [9.17, 15) is 4.79 Å². The molecular weight excluding hydrogens is 206 g/mol. The zero-order chi connectivity index (χ0) is 11.8. The Bertz CT molecular complexity index is 398. The van der Waals surface area contributed by atoms with Crippen molar-refractivity contribution in [3.8, 4) is 0 Å². The average molecular weight is 223 g/mol. The van der Waals surface area contributed by atoms with Crippen LogP contribution in [0.25, 0.3) is 0 Å². The lowest BCUT2D eigenvalue weighted by atomic mass is 10.0. The quantitative estimate of drug-likeness (QED) is 0.765. The Morgan fingerprint density at radius 3 is 2.94 bits per heavy atom. The smallest absolute Gasteiger partial charge is 0.276 e. The number of carbonyl (C=O) groups excluding carboxylic acids is 1. The van der Waals surface area contributed by atoms with Gasteiger partial charge >= 0.3 is 0 Å². The highest BCUT2D eigenvalue weighted by molar-refractivity contribution is 5.92. The van der Waals surface area contributed by atoms with Crippen molar-refractivity contribution in [2.75, 3.05) is 19.6 Å². The van der Waals surface area contributed by atoms with Crippen molar-refractivity contribution in [2.45, 2.75) is 26.3 Å². The topological polar surface area (TPSA) is 58.4 Å². The maximum Gasteiger partial charge on any atom is 0.276 e. The molecule has 0 unspecified atom stereocenters. The average Bonchev–Trinajstić information content (AvgIpc) is 2.62. The molecule has 0 aromatic carbocycles. The summed E-state index contributed by atoms with van der Waals surface area (Å²) in [6, 6.07) is 1.68. The van der Waals surface area contributed by atoms with Gasteiger partial charge in [-0.15, -0.1) is 0 Å². The van der Waals surface area contributed by atoms with Crippen LogP contribution in [0.4, 0.5) is 0 Å². The van der Waals surface area contributed by atoms with Gasteiger partial charge in [0.05, 0.1) is 0 Å². The Hall–Kier alpha value is -1.36. The van der Waals surface area contributed by atoms with Crippen LogP contribution in [0, 0.1) is 6.92 Å². The van der Waals surface area contributed by atoms with Crippen molar-refractivity contribution in [1.29, 1.82) is 0 Å². The number of carbonyl (C=O) groups is 1. The highest BCUT2D eigenvalue weighted by atomic mass is 16.5. The van der Waals surface area contributed by atoms with Gasteiger partial charge in [-0.25, -0.2) is 0 Å². The molecule has 5 nitrogen and oxygen atoms in total. The van der Waals surface area contributed by atoms with Gasteiger partial charge in [-0.05, 0) is 20.8 Å². The van der Waals surface area contributed by atoms with Gasteiger partial charge in [-0.3, -0.25) is 4.79 Å². The Morgan fingerprint density at radius 2 is 2.38 bits per heavy atom. The Balaban J connectivity index is 2.10. The summed E-state index contributed by atoms with van der Waals surface area (Å²) in [5.41, 5.74) is 0.363. The molecule has 0 aliphatic carbocycles. The molecular formula is C11H17N3O2. The third-order valence-electron chi connectivity index (χ3n) is 2.71. The van der Waals surface area contributed by atoms with Gasteiger partial charge in [0.15, 0.2) is 5.69 Å². The predicted octanol–water partition coefficient (Wildman–Crippen LogP) is 0.807. The summed E-state index contributed by atoms with van der Waals surface area (Å²) in [7, 11) is 0. The molecule has 1 fully saturated rings. The van der Waals surface area contributed by atoms with Crippen molar-refractivity contribution >= 4 is 5.91 Å². The lowest BCUT2D eigenvalue weighted by Crippen LogP contribution is -2.58. The summed E-state index contributed by atoms with van der Waals surface area (Å²) in [4.78, 5) is 13.9. The van der Waals surface area contributed by atoms with E-state index in [1.165, 1.54) is 0 Å². The molecule has 2 rings (SSSR count). The highest BCUT2D eigenvalue weighted by Crippen LogP contribution is 2.13. The summed E-state index contributed by atoms with van der Waals surface area (Å²) < 4.78 is 4.92. The van der Waals surface area contributed by atoms with E-state index in [0.717, 1.165) is 6.54 Å². The first-order chi connectivity index (χ1) is 7.48. The molecule has 1 aliphatic heterocycles. The molecule has 1 aromatic heterocycles. The van der Waals surface area contributed by atoms with E-state index in [-0.39, 0.29) is 11.4 Å². The number of hydrogen-bond donors (Lipinski definition) is 1. The van der Waals surface area contributed by atoms with Crippen LogP contribution in [-0.4, -0.2) is 41.1 Å². The fourth-order valence-corrected chi connectivity index (χ4v) is 1.94. The molecule has 2 heterocycles. The maximum atomic E-state index is 12.1. The molecule has 1 saturated heterocycles. The van der Waals surface area contributed by atoms with Gasteiger partial charge in [-0.2, -0.15) is 0 Å². The van der Waals surface area contributed by atoms with E-state index < -0.39 is 0 Å². The SMILES string of the molecule is Cc1cc(C(=O)N2CCNC(C)(C)C2)no1. The van der Waals surface area contributed by atoms with Gasteiger partial charge in [0.25, 0.3) is 5.91 Å². The normalized spacial score (nSPS) is 19.8. The van der Waals surface area contributed by atoms with Crippen LogP contribution in [0.2, 0.25) is 0 Å². The largest absolute Gasteiger partial charge is 0.361 e. The number of hydrogen-bond acceptors (Lipinski definition) is 4. The molecule has 16 heavy (non-hydrogen) atoms. The van der Waals surface area contributed by atoms with Crippen LogP contribution >= 0.6 is 0 Å². The predicted molar refractivity (Wildman–Crippen MR) is 59.2 cm³/mol. The lowest BCUT2D eigenvalue weighted by molar-refractivity contribution is 0.0642. The second-order valence-electron chi connectivity index (χ2n) is 4.86. The van der Waals surface area contributed by atoms with E-state index >= 15 is 0 Å². The van der Waals surface area contributed by atoms with Crippen LogP contribution in [0.3, 0.4) is 0 Å².